The molecule has 0 saturated carbocycles. The van der Waals surface area contributed by atoms with Gasteiger partial charge in [-0.2, -0.15) is 9.36 Å². The maximum Gasteiger partial charge on any atom is 0.263 e. The molecule has 0 atom stereocenters. The Morgan fingerprint density at radius 3 is 2.23 bits per heavy atom. The number of rotatable bonds is 5. The molecule has 0 saturated heterocycles. The Morgan fingerprint density at radius 1 is 0.867 bits per heavy atom. The average molecular weight is 475 g/mol. The summed E-state index contributed by atoms with van der Waals surface area (Å²) >= 11 is 1.79. The molecule has 0 aliphatic heterocycles. The predicted molar refractivity (Wildman–Crippen MR) is 120 cm³/mol. The molecule has 5 aromatic rings. The number of para-hydroxylation sites is 1. The Labute approximate surface area is 189 Å². The van der Waals surface area contributed by atoms with E-state index in [1.165, 1.54) is 15.2 Å². The molecule has 0 fully saturated rings. The molecule has 4 nitrogen and oxygen atoms in total. The number of hydrogen-bond donors (Lipinski definition) is 0. The third-order valence-corrected chi connectivity index (χ3v) is 5.91. The van der Waals surface area contributed by atoms with Crippen molar-refractivity contribution in [1.29, 1.82) is 0 Å². The van der Waals surface area contributed by atoms with E-state index in [9.17, 15) is 0 Å². The van der Waals surface area contributed by atoms with E-state index in [1.54, 1.807) is 16.1 Å². The Hall–Kier alpha value is -3.09. The van der Waals surface area contributed by atoms with Crippen LogP contribution in [0.4, 0.5) is 0 Å². The van der Waals surface area contributed by atoms with Gasteiger partial charge in [0, 0.05) is 12.1 Å². The molecule has 0 bridgehead atoms. The van der Waals surface area contributed by atoms with E-state index in [1.807, 2.05) is 42.5 Å². The number of nitrogens with zero attached hydrogens (tertiary/aromatic N) is 4. The van der Waals surface area contributed by atoms with Gasteiger partial charge in [0.05, 0.1) is 5.69 Å². The summed E-state index contributed by atoms with van der Waals surface area (Å²) in [5.74, 6) is 0. The molecule has 6 heteroatoms. The lowest BCUT2D eigenvalue weighted by atomic mass is 10.2. The normalized spacial score (nSPS) is 11.2. The van der Waals surface area contributed by atoms with Gasteiger partial charge in [0.1, 0.15) is 15.7 Å². The van der Waals surface area contributed by atoms with Crippen LogP contribution in [-0.2, 0) is 6.54 Å². The topological polar surface area (TPSA) is 34.6 Å². The van der Waals surface area contributed by atoms with Crippen LogP contribution in [0.15, 0.2) is 85.5 Å². The second kappa shape index (κ2) is 8.73. The molecule has 0 amide bonds. The smallest absolute Gasteiger partial charge is 0.263 e. The van der Waals surface area contributed by atoms with Gasteiger partial charge in [-0.05, 0) is 48.0 Å². The summed E-state index contributed by atoms with van der Waals surface area (Å²) in [6, 6.07) is 24.6. The third-order valence-electron chi connectivity index (χ3n) is 4.78. The number of hydrogen-bond acceptors (Lipinski definition) is 3. The molecule has 2 aromatic heterocycles. The highest BCUT2D eigenvalue weighted by atomic mass is 79.9. The maximum absolute atomic E-state index is 4.54. The highest BCUT2D eigenvalue weighted by Crippen LogP contribution is 2.22. The zero-order chi connectivity index (χ0) is 19.6. The standard InChI is InChI=1S/C24H19N4S.BrH/c1-2-17-27-22-9-5-6-10-23(22)29-24(27)16-13-18-11-14-19(15-12-18)28-25-20-7-3-4-8-21(20)26-28;/h2-16H,1,17H2;1H/q+1;/p-1. The van der Waals surface area contributed by atoms with Crippen LogP contribution in [-0.4, -0.2) is 15.0 Å². The highest BCUT2D eigenvalue weighted by molar-refractivity contribution is 7.18. The quantitative estimate of drug-likeness (QED) is 0.289. The van der Waals surface area contributed by atoms with Crippen LogP contribution in [0.1, 0.15) is 10.6 Å². The minimum absolute atomic E-state index is 0. The molecule has 0 aliphatic rings. The van der Waals surface area contributed by atoms with Gasteiger partial charge in [-0.15, -0.1) is 10.2 Å². The van der Waals surface area contributed by atoms with Crippen molar-refractivity contribution in [3.05, 3.63) is 96.0 Å². The number of halogens is 1. The van der Waals surface area contributed by atoms with Crippen LogP contribution in [0, 0.1) is 0 Å². The predicted octanol–water partition coefficient (Wildman–Crippen LogP) is 2.28. The summed E-state index contributed by atoms with van der Waals surface area (Å²) in [7, 11) is 0. The zero-order valence-corrected chi connectivity index (χ0v) is 18.6. The van der Waals surface area contributed by atoms with Crippen LogP contribution in [0.25, 0.3) is 39.1 Å². The molecular weight excluding hydrogens is 456 g/mol. The Morgan fingerprint density at radius 2 is 1.53 bits per heavy atom. The fourth-order valence-electron chi connectivity index (χ4n) is 3.36. The lowest BCUT2D eigenvalue weighted by molar-refractivity contribution is -0.658. The van der Waals surface area contributed by atoms with E-state index in [0.717, 1.165) is 28.8 Å². The first-order valence-electron chi connectivity index (χ1n) is 9.45. The van der Waals surface area contributed by atoms with Crippen LogP contribution < -0.4 is 21.5 Å². The molecule has 0 spiro atoms. The van der Waals surface area contributed by atoms with Gasteiger partial charge in [0.25, 0.3) is 5.01 Å². The van der Waals surface area contributed by atoms with Crippen molar-refractivity contribution in [2.45, 2.75) is 6.54 Å². The Kier molecular flexibility index (Phi) is 5.88. The summed E-state index contributed by atoms with van der Waals surface area (Å²) in [6.45, 7) is 4.69. The number of benzene rings is 3. The summed E-state index contributed by atoms with van der Waals surface area (Å²) in [6.07, 6.45) is 6.25. The van der Waals surface area contributed by atoms with E-state index in [-0.39, 0.29) is 17.0 Å². The number of aromatic nitrogens is 4. The molecule has 148 valence electrons. The second-order valence-corrected chi connectivity index (χ2v) is 7.77. The van der Waals surface area contributed by atoms with Crippen molar-refractivity contribution in [2.75, 3.05) is 0 Å². The third kappa shape index (κ3) is 3.84. The van der Waals surface area contributed by atoms with Gasteiger partial charge < -0.3 is 17.0 Å². The van der Waals surface area contributed by atoms with Crippen LogP contribution in [0.3, 0.4) is 0 Å². The van der Waals surface area contributed by atoms with Gasteiger partial charge in [-0.3, -0.25) is 0 Å². The summed E-state index contributed by atoms with van der Waals surface area (Å²) < 4.78 is 3.57. The van der Waals surface area contributed by atoms with Gasteiger partial charge in [-0.1, -0.05) is 54.3 Å². The largest absolute Gasteiger partial charge is 1.00 e. The number of thiazole rings is 1. The molecule has 0 unspecified atom stereocenters. The Balaban J connectivity index is 0.00000218. The minimum Gasteiger partial charge on any atom is -1.00 e. The lowest BCUT2D eigenvalue weighted by Gasteiger charge is -1.99. The Bertz CT molecular complexity index is 1320. The van der Waals surface area contributed by atoms with E-state index in [0.29, 0.717) is 0 Å². The van der Waals surface area contributed by atoms with Gasteiger partial charge in [0.2, 0.25) is 5.52 Å². The average Bonchev–Trinajstić information content (AvgIpc) is 3.35. The number of fused-ring (bicyclic) bond motifs is 2. The minimum atomic E-state index is 0. The first kappa shape index (κ1) is 20.2. The summed E-state index contributed by atoms with van der Waals surface area (Å²) in [5, 5.41) is 10.3. The van der Waals surface area contributed by atoms with E-state index in [2.05, 4.69) is 69.9 Å². The molecule has 3 aromatic carbocycles. The summed E-state index contributed by atoms with van der Waals surface area (Å²) in [5.41, 5.74) is 5.11. The first-order chi connectivity index (χ1) is 14.3. The monoisotopic (exact) mass is 474 g/mol. The van der Waals surface area contributed by atoms with Crippen molar-refractivity contribution in [3.63, 3.8) is 0 Å². The molecule has 0 N–H and O–H groups in total. The van der Waals surface area contributed by atoms with Crippen LogP contribution >= 0.6 is 11.3 Å². The number of allylic oxidation sites excluding steroid dienone is 1. The zero-order valence-electron chi connectivity index (χ0n) is 16.1. The fourth-order valence-corrected chi connectivity index (χ4v) is 4.43. The molecular formula is C24H19BrN4S. The second-order valence-electron chi connectivity index (χ2n) is 6.71. The van der Waals surface area contributed by atoms with E-state index < -0.39 is 0 Å². The van der Waals surface area contributed by atoms with Crippen molar-refractivity contribution in [2.24, 2.45) is 0 Å². The van der Waals surface area contributed by atoms with Gasteiger partial charge >= 0.3 is 0 Å². The lowest BCUT2D eigenvalue weighted by Crippen LogP contribution is -3.00. The maximum atomic E-state index is 4.54. The fraction of sp³-hybridized carbons (Fsp3) is 0.0417. The van der Waals surface area contributed by atoms with E-state index in [4.69, 9.17) is 0 Å². The van der Waals surface area contributed by atoms with Crippen LogP contribution in [0.5, 0.6) is 0 Å². The van der Waals surface area contributed by atoms with Crippen molar-refractivity contribution in [1.82, 2.24) is 15.0 Å². The summed E-state index contributed by atoms with van der Waals surface area (Å²) in [4.78, 5) is 1.68. The van der Waals surface area contributed by atoms with Gasteiger partial charge in [-0.25, -0.2) is 0 Å². The molecule has 2 heterocycles. The molecule has 30 heavy (non-hydrogen) atoms. The van der Waals surface area contributed by atoms with Crippen molar-refractivity contribution < 1.29 is 21.5 Å². The van der Waals surface area contributed by atoms with Crippen LogP contribution in [0.2, 0.25) is 0 Å². The molecule has 5 rings (SSSR count). The van der Waals surface area contributed by atoms with Crippen molar-refractivity contribution in [3.8, 4) is 5.69 Å². The SMILES string of the molecule is C=CC[n+]1c(/C=C/c2ccc(-n3nc4ccccc4n3)cc2)sc2ccccc21.[Br-]. The van der Waals surface area contributed by atoms with Crippen molar-refractivity contribution >= 4 is 44.7 Å². The van der Waals surface area contributed by atoms with Gasteiger partial charge in [0.15, 0.2) is 6.54 Å². The van der Waals surface area contributed by atoms with E-state index >= 15 is 0 Å². The highest BCUT2D eigenvalue weighted by Gasteiger charge is 2.16. The molecule has 0 aliphatic carbocycles. The molecule has 0 radical (unpaired) electrons. The first-order valence-corrected chi connectivity index (χ1v) is 10.3.